The van der Waals surface area contributed by atoms with E-state index in [0.29, 0.717) is 6.61 Å². The lowest BCUT2D eigenvalue weighted by Gasteiger charge is -2.35. The van der Waals surface area contributed by atoms with Crippen LogP contribution in [0.5, 0.6) is 0 Å². The Morgan fingerprint density at radius 2 is 2.12 bits per heavy atom. The molecule has 2 N–H and O–H groups in total. The molecule has 1 saturated carbocycles. The van der Waals surface area contributed by atoms with Crippen molar-refractivity contribution in [2.45, 2.75) is 44.2 Å². The predicted molar refractivity (Wildman–Crippen MR) is 71.2 cm³/mol. The summed E-state index contributed by atoms with van der Waals surface area (Å²) in [5.41, 5.74) is 7.30. The largest absolute Gasteiger partial charge is 0.373 e. The molecule has 0 heterocycles. The first kappa shape index (κ1) is 12.9. The molecule has 1 aromatic carbocycles. The van der Waals surface area contributed by atoms with Crippen LogP contribution in [0.1, 0.15) is 44.2 Å². The first-order valence-electron chi connectivity index (χ1n) is 6.33. The standard InChI is InChI=1S/C14H20ClNO/c1-2-17-14(8-3-4-9-14)13(16)11-6-5-7-12(15)10-11/h5-7,10,13H,2-4,8-9,16H2,1H3. The highest BCUT2D eigenvalue weighted by molar-refractivity contribution is 6.30. The Morgan fingerprint density at radius 1 is 1.41 bits per heavy atom. The molecule has 3 heteroatoms. The van der Waals surface area contributed by atoms with E-state index in [4.69, 9.17) is 22.1 Å². The summed E-state index contributed by atoms with van der Waals surface area (Å²) in [6, 6.07) is 7.73. The quantitative estimate of drug-likeness (QED) is 0.888. The second-order valence-corrected chi connectivity index (χ2v) is 5.17. The molecule has 94 valence electrons. The Labute approximate surface area is 108 Å². The van der Waals surface area contributed by atoms with Crippen molar-refractivity contribution >= 4 is 11.6 Å². The number of benzene rings is 1. The molecule has 0 spiro atoms. The van der Waals surface area contributed by atoms with Crippen molar-refractivity contribution in [2.75, 3.05) is 6.61 Å². The van der Waals surface area contributed by atoms with E-state index in [0.717, 1.165) is 23.4 Å². The third kappa shape index (κ3) is 2.65. The maximum Gasteiger partial charge on any atom is 0.0874 e. The summed E-state index contributed by atoms with van der Waals surface area (Å²) in [6.45, 7) is 2.75. The zero-order chi connectivity index (χ0) is 12.3. The van der Waals surface area contributed by atoms with Crippen molar-refractivity contribution in [3.63, 3.8) is 0 Å². The van der Waals surface area contributed by atoms with E-state index in [2.05, 4.69) is 0 Å². The average Bonchev–Trinajstić information content (AvgIpc) is 2.78. The zero-order valence-electron chi connectivity index (χ0n) is 10.3. The molecule has 0 aliphatic heterocycles. The maximum absolute atomic E-state index is 6.41. The van der Waals surface area contributed by atoms with E-state index in [9.17, 15) is 0 Å². The van der Waals surface area contributed by atoms with E-state index in [1.165, 1.54) is 12.8 Å². The molecule has 0 saturated heterocycles. The Kier molecular flexibility index (Phi) is 4.08. The van der Waals surface area contributed by atoms with E-state index in [1.807, 2.05) is 31.2 Å². The minimum Gasteiger partial charge on any atom is -0.373 e. The highest BCUT2D eigenvalue weighted by atomic mass is 35.5. The molecule has 1 aliphatic rings. The van der Waals surface area contributed by atoms with Gasteiger partial charge in [-0.15, -0.1) is 0 Å². The SMILES string of the molecule is CCOC1(C(N)c2cccc(Cl)c2)CCCC1. The first-order valence-corrected chi connectivity index (χ1v) is 6.71. The van der Waals surface area contributed by atoms with Gasteiger partial charge in [0, 0.05) is 11.6 Å². The Morgan fingerprint density at radius 3 is 2.71 bits per heavy atom. The summed E-state index contributed by atoms with van der Waals surface area (Å²) in [4.78, 5) is 0. The van der Waals surface area contributed by atoms with Crippen LogP contribution in [0, 0.1) is 0 Å². The highest BCUT2D eigenvalue weighted by Gasteiger charge is 2.41. The minimum atomic E-state index is -0.181. The molecule has 1 fully saturated rings. The van der Waals surface area contributed by atoms with Gasteiger partial charge in [-0.25, -0.2) is 0 Å². The molecule has 0 bridgehead atoms. The third-order valence-electron chi connectivity index (χ3n) is 3.66. The molecule has 1 unspecified atom stereocenters. The van der Waals surface area contributed by atoms with Gasteiger partial charge in [0.05, 0.1) is 11.6 Å². The van der Waals surface area contributed by atoms with Crippen molar-refractivity contribution in [1.82, 2.24) is 0 Å². The van der Waals surface area contributed by atoms with Gasteiger partial charge in [-0.05, 0) is 37.5 Å². The van der Waals surface area contributed by atoms with Crippen LogP contribution in [0.25, 0.3) is 0 Å². The third-order valence-corrected chi connectivity index (χ3v) is 3.89. The van der Waals surface area contributed by atoms with Crippen molar-refractivity contribution in [2.24, 2.45) is 5.73 Å². The van der Waals surface area contributed by atoms with Gasteiger partial charge in [0.15, 0.2) is 0 Å². The van der Waals surface area contributed by atoms with Crippen LogP contribution in [0.2, 0.25) is 5.02 Å². The molecule has 0 amide bonds. The highest BCUT2D eigenvalue weighted by Crippen LogP contribution is 2.41. The van der Waals surface area contributed by atoms with E-state index in [-0.39, 0.29) is 11.6 Å². The Hall–Kier alpha value is -0.570. The summed E-state index contributed by atoms with van der Waals surface area (Å²) in [5, 5.41) is 0.739. The van der Waals surface area contributed by atoms with Gasteiger partial charge in [0.1, 0.15) is 0 Å². The van der Waals surface area contributed by atoms with Crippen LogP contribution in [0.15, 0.2) is 24.3 Å². The molecular formula is C14H20ClNO. The lowest BCUT2D eigenvalue weighted by Crippen LogP contribution is -2.41. The van der Waals surface area contributed by atoms with Gasteiger partial charge in [0.2, 0.25) is 0 Å². The Balaban J connectivity index is 2.24. The van der Waals surface area contributed by atoms with Gasteiger partial charge < -0.3 is 10.5 Å². The number of nitrogens with two attached hydrogens (primary N) is 1. The number of halogens is 1. The monoisotopic (exact) mass is 253 g/mol. The molecule has 1 atom stereocenters. The van der Waals surface area contributed by atoms with Crippen LogP contribution in [-0.2, 0) is 4.74 Å². The fourth-order valence-corrected chi connectivity index (χ4v) is 3.01. The van der Waals surface area contributed by atoms with Crippen molar-refractivity contribution < 1.29 is 4.74 Å². The van der Waals surface area contributed by atoms with E-state index < -0.39 is 0 Å². The number of ether oxygens (including phenoxy) is 1. The molecule has 2 nitrogen and oxygen atoms in total. The summed E-state index contributed by atoms with van der Waals surface area (Å²) in [7, 11) is 0. The van der Waals surface area contributed by atoms with Crippen molar-refractivity contribution in [1.29, 1.82) is 0 Å². The smallest absolute Gasteiger partial charge is 0.0874 e. The summed E-state index contributed by atoms with van der Waals surface area (Å²) in [5.74, 6) is 0. The fourth-order valence-electron chi connectivity index (χ4n) is 2.81. The summed E-state index contributed by atoms with van der Waals surface area (Å²) < 4.78 is 5.98. The van der Waals surface area contributed by atoms with E-state index in [1.54, 1.807) is 0 Å². The lowest BCUT2D eigenvalue weighted by molar-refractivity contribution is -0.0536. The lowest BCUT2D eigenvalue weighted by atomic mass is 9.87. The summed E-state index contributed by atoms with van der Waals surface area (Å²) in [6.07, 6.45) is 4.51. The minimum absolute atomic E-state index is 0.0800. The second-order valence-electron chi connectivity index (χ2n) is 4.74. The molecule has 0 aromatic heterocycles. The van der Waals surface area contributed by atoms with Crippen LogP contribution >= 0.6 is 11.6 Å². The van der Waals surface area contributed by atoms with Gasteiger partial charge >= 0.3 is 0 Å². The summed E-state index contributed by atoms with van der Waals surface area (Å²) >= 11 is 6.02. The average molecular weight is 254 g/mol. The van der Waals surface area contributed by atoms with Gasteiger partial charge in [-0.2, -0.15) is 0 Å². The number of rotatable bonds is 4. The van der Waals surface area contributed by atoms with Gasteiger partial charge in [0.25, 0.3) is 0 Å². The van der Waals surface area contributed by atoms with Crippen LogP contribution in [-0.4, -0.2) is 12.2 Å². The molecular weight excluding hydrogens is 234 g/mol. The molecule has 17 heavy (non-hydrogen) atoms. The van der Waals surface area contributed by atoms with Crippen LogP contribution < -0.4 is 5.73 Å². The molecule has 1 aliphatic carbocycles. The van der Waals surface area contributed by atoms with Crippen LogP contribution in [0.3, 0.4) is 0 Å². The van der Waals surface area contributed by atoms with Gasteiger partial charge in [-0.3, -0.25) is 0 Å². The molecule has 1 aromatic rings. The van der Waals surface area contributed by atoms with Crippen molar-refractivity contribution in [3.8, 4) is 0 Å². The molecule has 2 rings (SSSR count). The first-order chi connectivity index (χ1) is 8.18. The second kappa shape index (κ2) is 5.38. The maximum atomic E-state index is 6.41. The van der Waals surface area contributed by atoms with Gasteiger partial charge in [-0.1, -0.05) is 36.6 Å². The zero-order valence-corrected chi connectivity index (χ0v) is 11.0. The molecule has 0 radical (unpaired) electrons. The topological polar surface area (TPSA) is 35.2 Å². The number of hydrogen-bond donors (Lipinski definition) is 1. The van der Waals surface area contributed by atoms with E-state index >= 15 is 0 Å². The van der Waals surface area contributed by atoms with Crippen LogP contribution in [0.4, 0.5) is 0 Å². The Bertz CT molecular complexity index is 374. The normalized spacial score (nSPS) is 20.4. The van der Waals surface area contributed by atoms with Crippen molar-refractivity contribution in [3.05, 3.63) is 34.9 Å². The fraction of sp³-hybridized carbons (Fsp3) is 0.571. The predicted octanol–water partition coefficient (Wildman–Crippen LogP) is 3.69. The number of hydrogen-bond acceptors (Lipinski definition) is 2.